The Kier molecular flexibility index (Phi) is 4.53. The predicted molar refractivity (Wildman–Crippen MR) is 85.6 cm³/mol. The number of rotatable bonds is 4. The van der Waals surface area contributed by atoms with Crippen LogP contribution in [0.25, 0.3) is 10.9 Å². The van der Waals surface area contributed by atoms with Gasteiger partial charge in [-0.25, -0.2) is 4.79 Å². The minimum Gasteiger partial charge on any atom is -0.381 e. The van der Waals surface area contributed by atoms with Gasteiger partial charge in [-0.15, -0.1) is 0 Å². The number of amides is 2. The maximum atomic E-state index is 12.0. The van der Waals surface area contributed by atoms with Crippen molar-refractivity contribution in [3.05, 3.63) is 42.1 Å². The Morgan fingerprint density at radius 3 is 3.09 bits per heavy atom. The fourth-order valence-corrected chi connectivity index (χ4v) is 2.94. The van der Waals surface area contributed by atoms with Crippen molar-refractivity contribution in [3.8, 4) is 0 Å². The number of ether oxygens (including phenoxy) is 1. The van der Waals surface area contributed by atoms with Gasteiger partial charge < -0.3 is 15.4 Å². The van der Waals surface area contributed by atoms with Gasteiger partial charge in [0.1, 0.15) is 0 Å². The molecule has 0 spiro atoms. The number of pyridine rings is 1. The molecule has 5 heteroatoms. The van der Waals surface area contributed by atoms with Crippen LogP contribution in [0.5, 0.6) is 0 Å². The van der Waals surface area contributed by atoms with Crippen molar-refractivity contribution < 1.29 is 9.53 Å². The first-order valence-electron chi connectivity index (χ1n) is 7.65. The second-order valence-electron chi connectivity index (χ2n) is 5.73. The van der Waals surface area contributed by atoms with E-state index in [-0.39, 0.29) is 18.2 Å². The van der Waals surface area contributed by atoms with Gasteiger partial charge in [0, 0.05) is 31.3 Å². The molecule has 22 heavy (non-hydrogen) atoms. The second kappa shape index (κ2) is 6.75. The van der Waals surface area contributed by atoms with Crippen LogP contribution < -0.4 is 10.6 Å². The van der Waals surface area contributed by atoms with Crippen LogP contribution >= 0.6 is 0 Å². The maximum Gasteiger partial charge on any atom is 0.315 e. The Balaban J connectivity index is 1.51. The van der Waals surface area contributed by atoms with Crippen molar-refractivity contribution in [3.63, 3.8) is 0 Å². The lowest BCUT2D eigenvalue weighted by molar-refractivity contribution is 0.107. The standard InChI is InChI=1S/C17H21N3O2/c1-22-15-6-5-14(10-15)20-17(21)19-11-12-4-7-16-13(9-12)3-2-8-18-16/h2-4,7-9,14-15H,5-6,10-11H2,1H3,(H2,19,20,21)/t14-,15-/m0/s1. The summed E-state index contributed by atoms with van der Waals surface area (Å²) in [7, 11) is 1.72. The molecule has 2 N–H and O–H groups in total. The lowest BCUT2D eigenvalue weighted by Gasteiger charge is -2.14. The first-order chi connectivity index (χ1) is 10.7. The van der Waals surface area contributed by atoms with Crippen LogP contribution in [0.2, 0.25) is 0 Å². The second-order valence-corrected chi connectivity index (χ2v) is 5.73. The van der Waals surface area contributed by atoms with E-state index in [9.17, 15) is 4.79 Å². The molecule has 1 aliphatic carbocycles. The summed E-state index contributed by atoms with van der Waals surface area (Å²) in [6.45, 7) is 0.511. The summed E-state index contributed by atoms with van der Waals surface area (Å²) in [6.07, 6.45) is 4.94. The highest BCUT2D eigenvalue weighted by molar-refractivity contribution is 5.79. The molecule has 0 saturated heterocycles. The minimum atomic E-state index is -0.118. The summed E-state index contributed by atoms with van der Waals surface area (Å²) in [5.74, 6) is 0. The molecule has 2 aromatic rings. The van der Waals surface area contributed by atoms with E-state index in [4.69, 9.17) is 4.74 Å². The average molecular weight is 299 g/mol. The van der Waals surface area contributed by atoms with E-state index >= 15 is 0 Å². The van der Waals surface area contributed by atoms with E-state index in [1.54, 1.807) is 13.3 Å². The molecule has 1 heterocycles. The molecule has 1 fully saturated rings. The van der Waals surface area contributed by atoms with Crippen LogP contribution in [0, 0.1) is 0 Å². The lowest BCUT2D eigenvalue weighted by atomic mass is 10.1. The molecule has 1 saturated carbocycles. The highest BCUT2D eigenvalue weighted by atomic mass is 16.5. The van der Waals surface area contributed by atoms with Crippen LogP contribution in [0.15, 0.2) is 36.5 Å². The molecule has 0 bridgehead atoms. The van der Waals surface area contributed by atoms with Gasteiger partial charge in [-0.05, 0) is 43.0 Å². The van der Waals surface area contributed by atoms with Gasteiger partial charge in [-0.1, -0.05) is 12.1 Å². The topological polar surface area (TPSA) is 63.2 Å². The molecule has 1 aliphatic rings. The van der Waals surface area contributed by atoms with Gasteiger partial charge in [-0.2, -0.15) is 0 Å². The van der Waals surface area contributed by atoms with Gasteiger partial charge in [0.05, 0.1) is 11.6 Å². The number of hydrogen-bond acceptors (Lipinski definition) is 3. The molecular weight excluding hydrogens is 278 g/mol. The molecule has 3 rings (SSSR count). The fourth-order valence-electron chi connectivity index (χ4n) is 2.94. The van der Waals surface area contributed by atoms with Gasteiger partial charge in [0.2, 0.25) is 0 Å². The molecule has 2 atom stereocenters. The quantitative estimate of drug-likeness (QED) is 0.912. The molecule has 116 valence electrons. The highest BCUT2D eigenvalue weighted by Crippen LogP contribution is 2.21. The number of urea groups is 1. The Morgan fingerprint density at radius 2 is 2.27 bits per heavy atom. The zero-order chi connectivity index (χ0) is 15.4. The third-order valence-electron chi connectivity index (χ3n) is 4.17. The van der Waals surface area contributed by atoms with Crippen molar-refractivity contribution in [2.75, 3.05) is 7.11 Å². The number of carbonyl (C=O) groups excluding carboxylic acids is 1. The molecule has 0 unspecified atom stereocenters. The van der Waals surface area contributed by atoms with Crippen molar-refractivity contribution >= 4 is 16.9 Å². The van der Waals surface area contributed by atoms with Crippen molar-refractivity contribution in [2.45, 2.75) is 38.0 Å². The first kappa shape index (κ1) is 14.8. The summed E-state index contributed by atoms with van der Waals surface area (Å²) < 4.78 is 5.32. The van der Waals surface area contributed by atoms with Crippen LogP contribution in [0.1, 0.15) is 24.8 Å². The van der Waals surface area contributed by atoms with Gasteiger partial charge in [0.25, 0.3) is 0 Å². The molecule has 5 nitrogen and oxygen atoms in total. The fraction of sp³-hybridized carbons (Fsp3) is 0.412. The third-order valence-corrected chi connectivity index (χ3v) is 4.17. The Bertz CT molecular complexity index is 659. The number of hydrogen-bond donors (Lipinski definition) is 2. The smallest absolute Gasteiger partial charge is 0.315 e. The monoisotopic (exact) mass is 299 g/mol. The van der Waals surface area contributed by atoms with Crippen LogP contribution in [-0.4, -0.2) is 30.3 Å². The number of aromatic nitrogens is 1. The molecule has 1 aromatic carbocycles. The summed E-state index contributed by atoms with van der Waals surface area (Å²) in [5.41, 5.74) is 2.03. The SMILES string of the molecule is CO[C@H]1CC[C@H](NC(=O)NCc2ccc3ncccc3c2)C1. The molecular formula is C17H21N3O2. The Morgan fingerprint density at radius 1 is 1.36 bits per heavy atom. The van der Waals surface area contributed by atoms with E-state index in [0.717, 1.165) is 35.7 Å². The van der Waals surface area contributed by atoms with Crippen molar-refractivity contribution in [1.29, 1.82) is 0 Å². The zero-order valence-corrected chi connectivity index (χ0v) is 12.7. The Hall–Kier alpha value is -2.14. The first-order valence-corrected chi connectivity index (χ1v) is 7.65. The number of nitrogens with zero attached hydrogens (tertiary/aromatic N) is 1. The predicted octanol–water partition coefficient (Wildman–Crippen LogP) is 2.60. The molecule has 2 amide bonds. The average Bonchev–Trinajstić information content (AvgIpc) is 3.00. The van der Waals surface area contributed by atoms with Crippen molar-refractivity contribution in [2.24, 2.45) is 0 Å². The highest BCUT2D eigenvalue weighted by Gasteiger charge is 2.25. The van der Waals surface area contributed by atoms with Crippen LogP contribution in [0.3, 0.4) is 0 Å². The summed E-state index contributed by atoms with van der Waals surface area (Å²) in [5, 5.41) is 7.00. The minimum absolute atomic E-state index is 0.118. The number of methoxy groups -OCH3 is 1. The van der Waals surface area contributed by atoms with Crippen LogP contribution in [-0.2, 0) is 11.3 Å². The Labute approximate surface area is 130 Å². The summed E-state index contributed by atoms with van der Waals surface area (Å²) >= 11 is 0. The molecule has 1 aromatic heterocycles. The van der Waals surface area contributed by atoms with E-state index in [1.807, 2.05) is 24.3 Å². The molecule has 0 radical (unpaired) electrons. The van der Waals surface area contributed by atoms with Gasteiger partial charge in [0.15, 0.2) is 0 Å². The van der Waals surface area contributed by atoms with E-state index in [0.29, 0.717) is 6.54 Å². The number of benzene rings is 1. The summed E-state index contributed by atoms with van der Waals surface area (Å²) in [6, 6.07) is 10.1. The van der Waals surface area contributed by atoms with Crippen molar-refractivity contribution in [1.82, 2.24) is 15.6 Å². The van der Waals surface area contributed by atoms with E-state index < -0.39 is 0 Å². The largest absolute Gasteiger partial charge is 0.381 e. The zero-order valence-electron chi connectivity index (χ0n) is 12.7. The third kappa shape index (κ3) is 3.54. The number of carbonyl (C=O) groups is 1. The van der Waals surface area contributed by atoms with Gasteiger partial charge >= 0.3 is 6.03 Å². The molecule has 0 aliphatic heterocycles. The van der Waals surface area contributed by atoms with E-state index in [2.05, 4.69) is 21.7 Å². The number of nitrogens with one attached hydrogen (secondary N) is 2. The maximum absolute atomic E-state index is 12.0. The lowest BCUT2D eigenvalue weighted by Crippen LogP contribution is -2.40. The van der Waals surface area contributed by atoms with Crippen LogP contribution in [0.4, 0.5) is 4.79 Å². The summed E-state index contributed by atoms with van der Waals surface area (Å²) in [4.78, 5) is 16.2. The normalized spacial score (nSPS) is 21.0. The van der Waals surface area contributed by atoms with Gasteiger partial charge in [-0.3, -0.25) is 4.98 Å². The number of fused-ring (bicyclic) bond motifs is 1. The van der Waals surface area contributed by atoms with E-state index in [1.165, 1.54) is 0 Å².